The number of benzene rings is 1. The fraction of sp³-hybridized carbons (Fsp3) is 0.600. The smallest absolute Gasteiger partial charge is 0.147 e. The van der Waals surface area contributed by atoms with Crippen LogP contribution in [0.4, 0.5) is 10.1 Å². The monoisotopic (exact) mass is 269 g/mol. The maximum absolute atomic E-state index is 13.6. The fourth-order valence-electron chi connectivity index (χ4n) is 2.63. The molecule has 1 aliphatic rings. The van der Waals surface area contributed by atoms with Gasteiger partial charge in [0.05, 0.1) is 5.69 Å². The number of anilines is 1. The van der Waals surface area contributed by atoms with E-state index in [1.807, 2.05) is 0 Å². The third kappa shape index (κ3) is 4.16. The average Bonchev–Trinajstić information content (AvgIpc) is 2.29. The van der Waals surface area contributed by atoms with Crippen LogP contribution in [0.2, 0.25) is 5.02 Å². The SMILES string of the molecule is Fc1cc(Cl)ccc1NCC1CCCCCCC1. The lowest BCUT2D eigenvalue weighted by atomic mass is 9.91. The zero-order valence-corrected chi connectivity index (χ0v) is 11.5. The van der Waals surface area contributed by atoms with Crippen LogP contribution in [0.3, 0.4) is 0 Å². The van der Waals surface area contributed by atoms with E-state index < -0.39 is 0 Å². The van der Waals surface area contributed by atoms with Crippen molar-refractivity contribution < 1.29 is 4.39 Å². The highest BCUT2D eigenvalue weighted by atomic mass is 35.5. The molecule has 0 saturated heterocycles. The van der Waals surface area contributed by atoms with Gasteiger partial charge in [-0.25, -0.2) is 4.39 Å². The van der Waals surface area contributed by atoms with Gasteiger partial charge in [0.2, 0.25) is 0 Å². The topological polar surface area (TPSA) is 12.0 Å². The number of hydrogen-bond donors (Lipinski definition) is 1. The van der Waals surface area contributed by atoms with Crippen LogP contribution in [0.1, 0.15) is 44.9 Å². The minimum absolute atomic E-state index is 0.256. The molecular weight excluding hydrogens is 249 g/mol. The number of rotatable bonds is 3. The summed E-state index contributed by atoms with van der Waals surface area (Å²) in [5.74, 6) is 0.425. The van der Waals surface area contributed by atoms with Gasteiger partial charge in [-0.2, -0.15) is 0 Å². The van der Waals surface area contributed by atoms with E-state index >= 15 is 0 Å². The van der Waals surface area contributed by atoms with E-state index in [2.05, 4.69) is 5.32 Å². The predicted molar refractivity (Wildman–Crippen MR) is 75.7 cm³/mol. The Morgan fingerprint density at radius 2 is 1.78 bits per heavy atom. The van der Waals surface area contributed by atoms with Crippen molar-refractivity contribution in [3.05, 3.63) is 29.0 Å². The van der Waals surface area contributed by atoms with Gasteiger partial charge in [-0.3, -0.25) is 0 Å². The Morgan fingerprint density at radius 3 is 2.44 bits per heavy atom. The largest absolute Gasteiger partial charge is 0.382 e. The molecule has 1 saturated carbocycles. The molecule has 100 valence electrons. The Bertz CT molecular complexity index is 373. The van der Waals surface area contributed by atoms with Gasteiger partial charge < -0.3 is 5.32 Å². The molecule has 0 radical (unpaired) electrons. The first-order valence-electron chi connectivity index (χ1n) is 6.94. The molecule has 0 aromatic heterocycles. The van der Waals surface area contributed by atoms with Crippen LogP contribution in [0.15, 0.2) is 18.2 Å². The van der Waals surface area contributed by atoms with E-state index in [1.165, 1.54) is 51.0 Å². The van der Waals surface area contributed by atoms with Crippen LogP contribution in [-0.4, -0.2) is 6.54 Å². The molecule has 0 spiro atoms. The van der Waals surface area contributed by atoms with Crippen molar-refractivity contribution in [1.29, 1.82) is 0 Å². The van der Waals surface area contributed by atoms with Gasteiger partial charge in [0.15, 0.2) is 0 Å². The third-order valence-corrected chi connectivity index (χ3v) is 3.97. The Labute approximate surface area is 114 Å². The van der Waals surface area contributed by atoms with Crippen molar-refractivity contribution in [2.45, 2.75) is 44.9 Å². The third-order valence-electron chi connectivity index (χ3n) is 3.74. The summed E-state index contributed by atoms with van der Waals surface area (Å²) in [6.45, 7) is 0.874. The van der Waals surface area contributed by atoms with E-state index in [-0.39, 0.29) is 5.82 Å². The van der Waals surface area contributed by atoms with Gasteiger partial charge in [0, 0.05) is 11.6 Å². The number of halogens is 2. The first-order valence-corrected chi connectivity index (χ1v) is 7.32. The summed E-state index contributed by atoms with van der Waals surface area (Å²) in [6, 6.07) is 4.81. The van der Waals surface area contributed by atoms with E-state index in [4.69, 9.17) is 11.6 Å². The highest BCUT2D eigenvalue weighted by Crippen LogP contribution is 2.24. The second-order valence-corrected chi connectivity index (χ2v) is 5.65. The van der Waals surface area contributed by atoms with Crippen LogP contribution in [0, 0.1) is 11.7 Å². The van der Waals surface area contributed by atoms with Crippen LogP contribution < -0.4 is 5.32 Å². The molecule has 1 aliphatic carbocycles. The summed E-state index contributed by atoms with van der Waals surface area (Å²) in [6.07, 6.45) is 9.25. The standard InChI is InChI=1S/C15H21ClFN/c16-13-8-9-15(14(17)10-13)18-11-12-6-4-2-1-3-5-7-12/h8-10,12,18H,1-7,11H2. The molecule has 1 aromatic carbocycles. The molecule has 1 nitrogen and oxygen atoms in total. The first kappa shape index (κ1) is 13.7. The van der Waals surface area contributed by atoms with E-state index in [9.17, 15) is 4.39 Å². The minimum Gasteiger partial charge on any atom is -0.382 e. The molecule has 1 N–H and O–H groups in total. The summed E-state index contributed by atoms with van der Waals surface area (Å²) in [7, 11) is 0. The van der Waals surface area contributed by atoms with Gasteiger partial charge in [0.25, 0.3) is 0 Å². The molecule has 1 fully saturated rings. The first-order chi connectivity index (χ1) is 8.75. The normalized spacial score (nSPS) is 18.1. The maximum Gasteiger partial charge on any atom is 0.147 e. The zero-order chi connectivity index (χ0) is 12.8. The molecule has 0 heterocycles. The van der Waals surface area contributed by atoms with Crippen molar-refractivity contribution in [1.82, 2.24) is 0 Å². The summed E-state index contributed by atoms with van der Waals surface area (Å²) in [5, 5.41) is 3.67. The van der Waals surface area contributed by atoms with Gasteiger partial charge in [0.1, 0.15) is 5.82 Å². The molecular formula is C15H21ClFN. The summed E-state index contributed by atoms with van der Waals surface area (Å²) >= 11 is 5.74. The lowest BCUT2D eigenvalue weighted by Crippen LogP contribution is -2.16. The van der Waals surface area contributed by atoms with Crippen LogP contribution in [0.5, 0.6) is 0 Å². The summed E-state index contributed by atoms with van der Waals surface area (Å²) in [4.78, 5) is 0. The quantitative estimate of drug-likeness (QED) is 0.790. The molecule has 2 rings (SSSR count). The van der Waals surface area contributed by atoms with Gasteiger partial charge in [-0.15, -0.1) is 0 Å². The van der Waals surface area contributed by atoms with Crippen molar-refractivity contribution >= 4 is 17.3 Å². The van der Waals surface area contributed by atoms with Crippen LogP contribution in [-0.2, 0) is 0 Å². The Hall–Kier alpha value is -0.760. The van der Waals surface area contributed by atoms with E-state index in [0.29, 0.717) is 16.6 Å². The zero-order valence-electron chi connectivity index (χ0n) is 10.7. The number of hydrogen-bond acceptors (Lipinski definition) is 1. The lowest BCUT2D eigenvalue weighted by molar-refractivity contribution is 0.392. The highest BCUT2D eigenvalue weighted by molar-refractivity contribution is 6.30. The molecule has 0 unspecified atom stereocenters. The van der Waals surface area contributed by atoms with Gasteiger partial charge in [-0.05, 0) is 37.0 Å². The molecule has 0 amide bonds. The van der Waals surface area contributed by atoms with Crippen LogP contribution in [0.25, 0.3) is 0 Å². The van der Waals surface area contributed by atoms with Gasteiger partial charge in [-0.1, -0.05) is 43.7 Å². The molecule has 3 heteroatoms. The molecule has 18 heavy (non-hydrogen) atoms. The predicted octanol–water partition coefficient (Wildman–Crippen LogP) is 5.25. The number of nitrogens with one attached hydrogen (secondary N) is 1. The molecule has 0 bridgehead atoms. The Balaban J connectivity index is 1.85. The van der Waals surface area contributed by atoms with Crippen molar-refractivity contribution in [2.75, 3.05) is 11.9 Å². The van der Waals surface area contributed by atoms with Crippen molar-refractivity contribution in [2.24, 2.45) is 5.92 Å². The second-order valence-electron chi connectivity index (χ2n) is 5.22. The Kier molecular flexibility index (Phi) is 5.30. The average molecular weight is 270 g/mol. The molecule has 1 aromatic rings. The minimum atomic E-state index is -0.256. The second kappa shape index (κ2) is 6.98. The van der Waals surface area contributed by atoms with E-state index in [1.54, 1.807) is 12.1 Å². The van der Waals surface area contributed by atoms with Crippen LogP contribution >= 0.6 is 11.6 Å². The van der Waals surface area contributed by atoms with Gasteiger partial charge >= 0.3 is 0 Å². The highest BCUT2D eigenvalue weighted by Gasteiger charge is 2.12. The summed E-state index contributed by atoms with van der Waals surface area (Å²) < 4.78 is 13.6. The Morgan fingerprint density at radius 1 is 1.11 bits per heavy atom. The maximum atomic E-state index is 13.6. The van der Waals surface area contributed by atoms with Crippen molar-refractivity contribution in [3.8, 4) is 0 Å². The lowest BCUT2D eigenvalue weighted by Gasteiger charge is -2.20. The molecule has 0 atom stereocenters. The fourth-order valence-corrected chi connectivity index (χ4v) is 2.79. The van der Waals surface area contributed by atoms with Crippen molar-refractivity contribution in [3.63, 3.8) is 0 Å². The summed E-state index contributed by atoms with van der Waals surface area (Å²) in [5.41, 5.74) is 0.571. The molecule has 0 aliphatic heterocycles. The van der Waals surface area contributed by atoms with E-state index in [0.717, 1.165) is 6.54 Å².